The summed E-state index contributed by atoms with van der Waals surface area (Å²) in [5.41, 5.74) is 10.7. The zero-order valence-electron chi connectivity index (χ0n) is 6.14. The van der Waals surface area contributed by atoms with Gasteiger partial charge in [0.2, 0.25) is 0 Å². The summed E-state index contributed by atoms with van der Waals surface area (Å²) in [5.74, 6) is 0. The Morgan fingerprint density at radius 1 is 1.33 bits per heavy atom. The molecule has 0 aliphatic heterocycles. The number of nitrogens with zero attached hydrogens (tertiary/aromatic N) is 1. The summed E-state index contributed by atoms with van der Waals surface area (Å²) in [7, 11) is 0. The largest absolute Gasteiger partial charge is 0.330 e. The second kappa shape index (κ2) is 6.01. The minimum absolute atomic E-state index is 0.649. The van der Waals surface area contributed by atoms with Crippen molar-refractivity contribution >= 4 is 0 Å². The van der Waals surface area contributed by atoms with Gasteiger partial charge in [-0.3, -0.25) is 4.90 Å². The molecule has 0 aliphatic rings. The van der Waals surface area contributed by atoms with E-state index in [0.29, 0.717) is 6.67 Å². The van der Waals surface area contributed by atoms with E-state index in [1.54, 1.807) is 0 Å². The highest BCUT2D eigenvalue weighted by molar-refractivity contribution is 4.50. The topological polar surface area (TPSA) is 55.3 Å². The van der Waals surface area contributed by atoms with Gasteiger partial charge in [0.1, 0.15) is 0 Å². The third-order valence-electron chi connectivity index (χ3n) is 1.38. The van der Waals surface area contributed by atoms with E-state index in [0.717, 1.165) is 26.1 Å². The number of hydrogen-bond donors (Lipinski definition) is 2. The van der Waals surface area contributed by atoms with E-state index in [9.17, 15) is 0 Å². The summed E-state index contributed by atoms with van der Waals surface area (Å²) < 4.78 is 0. The Morgan fingerprint density at radius 2 is 2.00 bits per heavy atom. The summed E-state index contributed by atoms with van der Waals surface area (Å²) in [5, 5.41) is 0. The van der Waals surface area contributed by atoms with Crippen LogP contribution in [-0.2, 0) is 0 Å². The van der Waals surface area contributed by atoms with Gasteiger partial charge in [-0.05, 0) is 19.5 Å². The molecule has 0 aromatic heterocycles. The fourth-order valence-corrected chi connectivity index (χ4v) is 0.693. The lowest BCUT2D eigenvalue weighted by Gasteiger charge is -2.16. The molecular weight excluding hydrogens is 114 g/mol. The first-order valence-electron chi connectivity index (χ1n) is 3.47. The highest BCUT2D eigenvalue weighted by Crippen LogP contribution is 1.84. The number of rotatable bonds is 5. The lowest BCUT2D eigenvalue weighted by molar-refractivity contribution is 0.295. The first-order chi connectivity index (χ1) is 4.35. The predicted molar refractivity (Wildman–Crippen MR) is 40.0 cm³/mol. The molecule has 0 saturated carbocycles. The molecule has 3 heteroatoms. The minimum Gasteiger partial charge on any atom is -0.330 e. The van der Waals surface area contributed by atoms with Gasteiger partial charge in [0.15, 0.2) is 0 Å². The van der Waals surface area contributed by atoms with E-state index in [1.807, 2.05) is 0 Å². The molecule has 0 aliphatic carbocycles. The quantitative estimate of drug-likeness (QED) is 0.498. The fraction of sp³-hybridized carbons (Fsp3) is 1.00. The van der Waals surface area contributed by atoms with E-state index in [-0.39, 0.29) is 0 Å². The molecule has 0 amide bonds. The van der Waals surface area contributed by atoms with Crippen molar-refractivity contribution in [2.24, 2.45) is 11.5 Å². The Labute approximate surface area is 57.0 Å². The Morgan fingerprint density at radius 3 is 2.33 bits per heavy atom. The average Bonchev–Trinajstić information content (AvgIpc) is 1.91. The van der Waals surface area contributed by atoms with E-state index < -0.39 is 0 Å². The molecule has 0 heterocycles. The molecule has 3 nitrogen and oxygen atoms in total. The SMILES string of the molecule is CCN(CN)CCCN. The zero-order chi connectivity index (χ0) is 7.11. The van der Waals surface area contributed by atoms with Gasteiger partial charge in [-0.2, -0.15) is 0 Å². The van der Waals surface area contributed by atoms with Crippen molar-refractivity contribution in [2.75, 3.05) is 26.3 Å². The van der Waals surface area contributed by atoms with Crippen LogP contribution in [0, 0.1) is 0 Å². The average molecular weight is 131 g/mol. The van der Waals surface area contributed by atoms with Crippen molar-refractivity contribution in [3.63, 3.8) is 0 Å². The van der Waals surface area contributed by atoms with Gasteiger partial charge < -0.3 is 11.5 Å². The molecule has 0 atom stereocenters. The summed E-state index contributed by atoms with van der Waals surface area (Å²) in [6.45, 7) is 5.57. The molecule has 0 aromatic rings. The van der Waals surface area contributed by atoms with Gasteiger partial charge in [-0.1, -0.05) is 6.92 Å². The predicted octanol–water partition coefficient (Wildman–Crippen LogP) is -0.427. The third kappa shape index (κ3) is 4.39. The van der Waals surface area contributed by atoms with Crippen LogP contribution in [0.5, 0.6) is 0 Å². The molecule has 0 aromatic carbocycles. The molecule has 0 radical (unpaired) electrons. The van der Waals surface area contributed by atoms with E-state index in [4.69, 9.17) is 11.5 Å². The fourth-order valence-electron chi connectivity index (χ4n) is 0.693. The highest BCUT2D eigenvalue weighted by atomic mass is 15.2. The Bertz CT molecular complexity index is 52.3. The van der Waals surface area contributed by atoms with E-state index in [1.165, 1.54) is 0 Å². The monoisotopic (exact) mass is 131 g/mol. The van der Waals surface area contributed by atoms with Crippen molar-refractivity contribution in [2.45, 2.75) is 13.3 Å². The van der Waals surface area contributed by atoms with Crippen LogP contribution >= 0.6 is 0 Å². The summed E-state index contributed by atoms with van der Waals surface area (Å²) in [4.78, 5) is 2.16. The first-order valence-corrected chi connectivity index (χ1v) is 3.47. The van der Waals surface area contributed by atoms with Crippen molar-refractivity contribution < 1.29 is 0 Å². The molecule has 4 N–H and O–H groups in total. The van der Waals surface area contributed by atoms with Crippen LogP contribution in [0.4, 0.5) is 0 Å². The smallest absolute Gasteiger partial charge is 0.0455 e. The van der Waals surface area contributed by atoms with E-state index >= 15 is 0 Å². The normalized spacial score (nSPS) is 10.7. The summed E-state index contributed by atoms with van der Waals surface area (Å²) in [6, 6.07) is 0. The number of nitrogens with two attached hydrogens (primary N) is 2. The van der Waals surface area contributed by atoms with Crippen LogP contribution < -0.4 is 11.5 Å². The van der Waals surface area contributed by atoms with Crippen molar-refractivity contribution in [1.82, 2.24) is 4.90 Å². The van der Waals surface area contributed by atoms with Crippen LogP contribution in [0.3, 0.4) is 0 Å². The molecular formula is C6H17N3. The van der Waals surface area contributed by atoms with Gasteiger partial charge in [-0.15, -0.1) is 0 Å². The molecule has 0 unspecified atom stereocenters. The van der Waals surface area contributed by atoms with Gasteiger partial charge in [-0.25, -0.2) is 0 Å². The number of hydrogen-bond acceptors (Lipinski definition) is 3. The second-order valence-electron chi connectivity index (χ2n) is 2.04. The standard InChI is InChI=1S/C6H17N3/c1-2-9(6-8)5-3-4-7/h2-8H2,1H3. The van der Waals surface area contributed by atoms with Gasteiger partial charge >= 0.3 is 0 Å². The second-order valence-corrected chi connectivity index (χ2v) is 2.04. The molecule has 9 heavy (non-hydrogen) atoms. The van der Waals surface area contributed by atoms with Crippen molar-refractivity contribution in [3.8, 4) is 0 Å². The maximum Gasteiger partial charge on any atom is 0.0455 e. The van der Waals surface area contributed by atoms with Crippen molar-refractivity contribution in [3.05, 3.63) is 0 Å². The molecule has 0 saturated heterocycles. The third-order valence-corrected chi connectivity index (χ3v) is 1.38. The Kier molecular flexibility index (Phi) is 5.93. The van der Waals surface area contributed by atoms with Crippen LogP contribution in [0.25, 0.3) is 0 Å². The Hall–Kier alpha value is -0.120. The Balaban J connectivity index is 3.09. The van der Waals surface area contributed by atoms with Gasteiger partial charge in [0.05, 0.1) is 0 Å². The van der Waals surface area contributed by atoms with Gasteiger partial charge in [0, 0.05) is 13.2 Å². The van der Waals surface area contributed by atoms with Crippen LogP contribution in [0.1, 0.15) is 13.3 Å². The first kappa shape index (κ1) is 8.88. The maximum atomic E-state index is 5.41. The summed E-state index contributed by atoms with van der Waals surface area (Å²) >= 11 is 0. The zero-order valence-corrected chi connectivity index (χ0v) is 6.14. The maximum absolute atomic E-state index is 5.41. The molecule has 0 rings (SSSR count). The lowest BCUT2D eigenvalue weighted by atomic mass is 10.4. The van der Waals surface area contributed by atoms with Crippen LogP contribution in [0.2, 0.25) is 0 Å². The minimum atomic E-state index is 0.649. The molecule has 0 spiro atoms. The van der Waals surface area contributed by atoms with Gasteiger partial charge in [0.25, 0.3) is 0 Å². The van der Waals surface area contributed by atoms with Crippen LogP contribution in [0.15, 0.2) is 0 Å². The molecule has 56 valence electrons. The molecule has 0 fully saturated rings. The van der Waals surface area contributed by atoms with Crippen LogP contribution in [-0.4, -0.2) is 31.2 Å². The highest BCUT2D eigenvalue weighted by Gasteiger charge is 1.95. The lowest BCUT2D eigenvalue weighted by Crippen LogP contribution is -2.31. The van der Waals surface area contributed by atoms with E-state index in [2.05, 4.69) is 11.8 Å². The molecule has 0 bridgehead atoms. The van der Waals surface area contributed by atoms with Crippen molar-refractivity contribution in [1.29, 1.82) is 0 Å². The summed E-state index contributed by atoms with van der Waals surface area (Å²) in [6.07, 6.45) is 1.05.